The van der Waals surface area contributed by atoms with Gasteiger partial charge in [-0.05, 0) is 30.9 Å². The van der Waals surface area contributed by atoms with Crippen molar-refractivity contribution >= 4 is 12.1 Å². The third-order valence-corrected chi connectivity index (χ3v) is 3.15. The van der Waals surface area contributed by atoms with Crippen LogP contribution in [0.1, 0.15) is 23.2 Å². The number of pyridine rings is 1. The number of hydrogen-bond donors (Lipinski definition) is 0. The molecule has 0 saturated carbocycles. The minimum atomic E-state index is 0.585. The summed E-state index contributed by atoms with van der Waals surface area (Å²) >= 11 is 0. The summed E-state index contributed by atoms with van der Waals surface area (Å²) in [6.07, 6.45) is 4.84. The average Bonchev–Trinajstić information content (AvgIpc) is 2.40. The zero-order valence-corrected chi connectivity index (χ0v) is 10.1. The highest BCUT2D eigenvalue weighted by atomic mass is 16.5. The van der Waals surface area contributed by atoms with E-state index in [9.17, 15) is 4.79 Å². The lowest BCUT2D eigenvalue weighted by atomic mass is 9.99. The van der Waals surface area contributed by atoms with Crippen LogP contribution >= 0.6 is 0 Å². The van der Waals surface area contributed by atoms with E-state index >= 15 is 0 Å². The number of ether oxygens (including phenoxy) is 1. The number of rotatable bonds is 4. The fourth-order valence-corrected chi connectivity index (χ4v) is 2.30. The van der Waals surface area contributed by atoms with Crippen molar-refractivity contribution < 1.29 is 9.53 Å². The molecule has 0 aliphatic carbocycles. The molecule has 4 heteroatoms. The quantitative estimate of drug-likeness (QED) is 0.744. The van der Waals surface area contributed by atoms with Crippen molar-refractivity contribution in [2.45, 2.75) is 12.8 Å². The summed E-state index contributed by atoms with van der Waals surface area (Å²) in [7, 11) is 1.75. The van der Waals surface area contributed by atoms with Gasteiger partial charge in [0.05, 0.1) is 6.61 Å². The van der Waals surface area contributed by atoms with Crippen LogP contribution in [0.25, 0.3) is 0 Å². The molecule has 1 unspecified atom stereocenters. The first-order chi connectivity index (χ1) is 8.33. The van der Waals surface area contributed by atoms with Crippen molar-refractivity contribution in [3.63, 3.8) is 0 Å². The van der Waals surface area contributed by atoms with Crippen molar-refractivity contribution in [1.29, 1.82) is 0 Å². The molecule has 1 aromatic heterocycles. The maximum Gasteiger partial charge on any atom is 0.151 e. The Hall–Kier alpha value is -1.42. The van der Waals surface area contributed by atoms with Crippen LogP contribution in [0.4, 0.5) is 5.82 Å². The zero-order chi connectivity index (χ0) is 12.1. The summed E-state index contributed by atoms with van der Waals surface area (Å²) < 4.78 is 5.21. The van der Waals surface area contributed by atoms with Crippen LogP contribution in [0.15, 0.2) is 18.3 Å². The van der Waals surface area contributed by atoms with Crippen molar-refractivity contribution in [3.8, 4) is 0 Å². The van der Waals surface area contributed by atoms with Crippen LogP contribution in [-0.2, 0) is 4.74 Å². The summed E-state index contributed by atoms with van der Waals surface area (Å²) in [6, 6.07) is 3.73. The second-order valence-electron chi connectivity index (χ2n) is 4.48. The van der Waals surface area contributed by atoms with Gasteiger partial charge in [-0.2, -0.15) is 0 Å². The molecule has 1 aromatic rings. The number of aldehydes is 1. The second-order valence-corrected chi connectivity index (χ2v) is 4.48. The molecule has 1 atom stereocenters. The molecular weight excluding hydrogens is 216 g/mol. The van der Waals surface area contributed by atoms with Gasteiger partial charge in [0.2, 0.25) is 0 Å². The summed E-state index contributed by atoms with van der Waals surface area (Å²) in [6.45, 7) is 2.83. The van der Waals surface area contributed by atoms with Crippen LogP contribution < -0.4 is 4.90 Å². The SMILES string of the molecule is COCC1CCCN(c2ccc(C=O)cn2)C1. The first-order valence-electron chi connectivity index (χ1n) is 5.98. The molecule has 0 spiro atoms. The van der Waals surface area contributed by atoms with Crippen LogP contribution in [0.2, 0.25) is 0 Å². The zero-order valence-electron chi connectivity index (χ0n) is 10.1. The summed E-state index contributed by atoms with van der Waals surface area (Å²) in [5.41, 5.74) is 0.624. The fraction of sp³-hybridized carbons (Fsp3) is 0.538. The molecule has 17 heavy (non-hydrogen) atoms. The van der Waals surface area contributed by atoms with Crippen molar-refractivity contribution in [2.24, 2.45) is 5.92 Å². The molecule has 1 fully saturated rings. The molecule has 4 nitrogen and oxygen atoms in total. The highest BCUT2D eigenvalue weighted by Crippen LogP contribution is 2.21. The molecule has 1 aliphatic heterocycles. The van der Waals surface area contributed by atoms with Gasteiger partial charge in [-0.25, -0.2) is 4.98 Å². The minimum absolute atomic E-state index is 0.585. The van der Waals surface area contributed by atoms with E-state index in [0.717, 1.165) is 31.8 Å². The van der Waals surface area contributed by atoms with Crippen LogP contribution in [0.3, 0.4) is 0 Å². The number of piperidine rings is 1. The topological polar surface area (TPSA) is 42.4 Å². The summed E-state index contributed by atoms with van der Waals surface area (Å²) in [4.78, 5) is 17.1. The molecule has 1 aliphatic rings. The molecule has 2 rings (SSSR count). The van der Waals surface area contributed by atoms with Crippen molar-refractivity contribution in [3.05, 3.63) is 23.9 Å². The van der Waals surface area contributed by atoms with E-state index in [0.29, 0.717) is 11.5 Å². The smallest absolute Gasteiger partial charge is 0.151 e. The Morgan fingerprint density at radius 1 is 1.59 bits per heavy atom. The van der Waals surface area contributed by atoms with Gasteiger partial charge < -0.3 is 9.64 Å². The van der Waals surface area contributed by atoms with Crippen molar-refractivity contribution in [1.82, 2.24) is 4.98 Å². The van der Waals surface area contributed by atoms with E-state index in [1.54, 1.807) is 13.3 Å². The van der Waals surface area contributed by atoms with E-state index in [4.69, 9.17) is 4.74 Å². The van der Waals surface area contributed by atoms with E-state index in [2.05, 4.69) is 9.88 Å². The standard InChI is InChI=1S/C13H18N2O2/c1-17-10-12-3-2-6-15(8-12)13-5-4-11(9-16)7-14-13/h4-5,7,9,12H,2-3,6,8,10H2,1H3. The highest BCUT2D eigenvalue weighted by molar-refractivity contribution is 5.74. The third kappa shape index (κ3) is 3.03. The third-order valence-electron chi connectivity index (χ3n) is 3.15. The molecule has 0 N–H and O–H groups in total. The first kappa shape index (κ1) is 12.0. The van der Waals surface area contributed by atoms with Gasteiger partial charge in [0.1, 0.15) is 5.82 Å². The van der Waals surface area contributed by atoms with Gasteiger partial charge in [-0.3, -0.25) is 4.79 Å². The Morgan fingerprint density at radius 2 is 2.47 bits per heavy atom. The predicted octanol–water partition coefficient (Wildman–Crippen LogP) is 1.76. The number of anilines is 1. The lowest BCUT2D eigenvalue weighted by molar-refractivity contribution is 0.112. The largest absolute Gasteiger partial charge is 0.384 e. The molecule has 0 radical (unpaired) electrons. The van der Waals surface area contributed by atoms with Gasteiger partial charge >= 0.3 is 0 Å². The molecular formula is C13H18N2O2. The maximum atomic E-state index is 10.6. The molecule has 92 valence electrons. The van der Waals surface area contributed by atoms with Crippen LogP contribution in [-0.4, -0.2) is 38.1 Å². The normalized spacial score (nSPS) is 20.3. The van der Waals surface area contributed by atoms with Gasteiger partial charge in [0, 0.05) is 32.0 Å². The average molecular weight is 234 g/mol. The monoisotopic (exact) mass is 234 g/mol. The number of aromatic nitrogens is 1. The lowest BCUT2D eigenvalue weighted by Crippen LogP contribution is -2.37. The number of carbonyl (C=O) groups excluding carboxylic acids is 1. The molecule has 0 amide bonds. The first-order valence-corrected chi connectivity index (χ1v) is 5.98. The number of nitrogens with zero attached hydrogens (tertiary/aromatic N) is 2. The Balaban J connectivity index is 2.02. The summed E-state index contributed by atoms with van der Waals surface area (Å²) in [5, 5.41) is 0. The van der Waals surface area contributed by atoms with Crippen molar-refractivity contribution in [2.75, 3.05) is 31.7 Å². The van der Waals surface area contributed by atoms with E-state index in [-0.39, 0.29) is 0 Å². The van der Waals surface area contributed by atoms with E-state index < -0.39 is 0 Å². The number of hydrogen-bond acceptors (Lipinski definition) is 4. The Bertz CT molecular complexity index is 362. The fourth-order valence-electron chi connectivity index (χ4n) is 2.30. The van der Waals surface area contributed by atoms with Gasteiger partial charge in [0.25, 0.3) is 0 Å². The molecule has 0 aromatic carbocycles. The maximum absolute atomic E-state index is 10.6. The van der Waals surface area contributed by atoms with Crippen LogP contribution in [0, 0.1) is 5.92 Å². The molecule has 1 saturated heterocycles. The van der Waals surface area contributed by atoms with Gasteiger partial charge in [-0.1, -0.05) is 0 Å². The Morgan fingerprint density at radius 3 is 3.12 bits per heavy atom. The van der Waals surface area contributed by atoms with Gasteiger partial charge in [0.15, 0.2) is 6.29 Å². The predicted molar refractivity (Wildman–Crippen MR) is 66.4 cm³/mol. The summed E-state index contributed by atoms with van der Waals surface area (Å²) in [5.74, 6) is 1.54. The highest BCUT2D eigenvalue weighted by Gasteiger charge is 2.20. The number of carbonyl (C=O) groups is 1. The number of methoxy groups -OCH3 is 1. The van der Waals surface area contributed by atoms with E-state index in [1.165, 1.54) is 12.8 Å². The molecule has 0 bridgehead atoms. The van der Waals surface area contributed by atoms with E-state index in [1.807, 2.05) is 12.1 Å². The van der Waals surface area contributed by atoms with Gasteiger partial charge in [-0.15, -0.1) is 0 Å². The van der Waals surface area contributed by atoms with Crippen LogP contribution in [0.5, 0.6) is 0 Å². The second kappa shape index (κ2) is 5.77. The Kier molecular flexibility index (Phi) is 4.09. The minimum Gasteiger partial charge on any atom is -0.384 e. The Labute approximate surface area is 102 Å². The molecule has 2 heterocycles. The lowest BCUT2D eigenvalue weighted by Gasteiger charge is -2.33.